The van der Waals surface area contributed by atoms with Crippen LogP contribution in [0.15, 0.2) is 40.8 Å². The van der Waals surface area contributed by atoms with Gasteiger partial charge in [0.05, 0.1) is 13.2 Å². The number of carbonyl (C=O) groups excluding carboxylic acids is 1. The molecule has 1 N–H and O–H groups in total. The summed E-state index contributed by atoms with van der Waals surface area (Å²) in [6, 6.07) is 9.08. The molecule has 4 nitrogen and oxygen atoms in total. The molecule has 2 rings (SSSR count). The number of carbonyl (C=O) groups is 1. The molecule has 0 saturated heterocycles. The van der Waals surface area contributed by atoms with Gasteiger partial charge in [-0.3, -0.25) is 0 Å². The molecule has 0 radical (unpaired) electrons. The Labute approximate surface area is 110 Å². The van der Waals surface area contributed by atoms with Crippen molar-refractivity contribution in [2.24, 2.45) is 0 Å². The van der Waals surface area contributed by atoms with Gasteiger partial charge in [-0.05, 0) is 25.2 Å². The molecule has 5 heteroatoms. The molecule has 2 aromatic rings. The van der Waals surface area contributed by atoms with Crippen LogP contribution < -0.4 is 5.32 Å². The zero-order valence-electron chi connectivity index (χ0n) is 10.6. The van der Waals surface area contributed by atoms with Gasteiger partial charge in [0, 0.05) is 5.56 Å². The molecule has 19 heavy (non-hydrogen) atoms. The average molecular weight is 263 g/mol. The van der Waals surface area contributed by atoms with Crippen molar-refractivity contribution in [3.8, 4) is 0 Å². The normalized spacial score (nSPS) is 12.2. The summed E-state index contributed by atoms with van der Waals surface area (Å²) >= 11 is 0. The minimum absolute atomic E-state index is 0.0917. The number of hydrogen-bond donors (Lipinski definition) is 1. The Hall–Kier alpha value is -2.14. The van der Waals surface area contributed by atoms with Crippen molar-refractivity contribution < 1.29 is 18.3 Å². The number of nitrogens with one attached hydrogen (secondary N) is 1. The molecule has 0 saturated carbocycles. The van der Waals surface area contributed by atoms with E-state index in [0.717, 1.165) is 0 Å². The Kier molecular flexibility index (Phi) is 3.97. The van der Waals surface area contributed by atoms with E-state index in [1.54, 1.807) is 31.3 Å². The molecule has 1 aromatic heterocycles. The minimum atomic E-state index is -0.561. The topological polar surface area (TPSA) is 51.5 Å². The zero-order chi connectivity index (χ0) is 13.8. The van der Waals surface area contributed by atoms with Crippen LogP contribution >= 0.6 is 0 Å². The van der Waals surface area contributed by atoms with Crippen molar-refractivity contribution in [3.63, 3.8) is 0 Å². The lowest BCUT2D eigenvalue weighted by molar-refractivity contribution is 0.0562. The van der Waals surface area contributed by atoms with E-state index in [-0.39, 0.29) is 11.6 Å². The lowest BCUT2D eigenvalue weighted by Crippen LogP contribution is -2.18. The first-order valence-electron chi connectivity index (χ1n) is 5.77. The molecule has 0 fully saturated rings. The summed E-state index contributed by atoms with van der Waals surface area (Å²) in [5.74, 6) is -0.352. The van der Waals surface area contributed by atoms with Crippen LogP contribution in [0.3, 0.4) is 0 Å². The Morgan fingerprint density at radius 3 is 2.68 bits per heavy atom. The van der Waals surface area contributed by atoms with Gasteiger partial charge in [-0.1, -0.05) is 18.2 Å². The molecule has 1 unspecified atom stereocenters. The fourth-order valence-electron chi connectivity index (χ4n) is 1.88. The Bertz CT molecular complexity index is 580. The van der Waals surface area contributed by atoms with E-state index in [0.29, 0.717) is 11.3 Å². The lowest BCUT2D eigenvalue weighted by atomic mass is 10.0. The summed E-state index contributed by atoms with van der Waals surface area (Å²) in [7, 11) is 2.97. The Morgan fingerprint density at radius 1 is 1.32 bits per heavy atom. The van der Waals surface area contributed by atoms with E-state index in [4.69, 9.17) is 4.42 Å². The van der Waals surface area contributed by atoms with E-state index in [1.165, 1.54) is 19.2 Å². The number of ether oxygens (including phenoxy) is 1. The third kappa shape index (κ3) is 2.66. The highest BCUT2D eigenvalue weighted by atomic mass is 19.1. The number of furan rings is 1. The second-order valence-corrected chi connectivity index (χ2v) is 3.94. The number of methoxy groups -OCH3 is 1. The number of esters is 1. The highest BCUT2D eigenvalue weighted by molar-refractivity contribution is 5.86. The van der Waals surface area contributed by atoms with Gasteiger partial charge in [0.2, 0.25) is 5.76 Å². The maximum absolute atomic E-state index is 13.8. The molecule has 100 valence electrons. The molecule has 0 amide bonds. The Balaban J connectivity index is 2.35. The molecule has 0 aliphatic carbocycles. The van der Waals surface area contributed by atoms with Crippen molar-refractivity contribution >= 4 is 5.97 Å². The minimum Gasteiger partial charge on any atom is -0.463 e. The van der Waals surface area contributed by atoms with E-state index in [2.05, 4.69) is 10.1 Å². The second-order valence-electron chi connectivity index (χ2n) is 3.94. The largest absolute Gasteiger partial charge is 0.463 e. The predicted octanol–water partition coefficient (Wildman–Crippen LogP) is 2.51. The molecule has 1 aromatic carbocycles. The van der Waals surface area contributed by atoms with Gasteiger partial charge in [0.25, 0.3) is 0 Å². The van der Waals surface area contributed by atoms with Crippen molar-refractivity contribution in [1.82, 2.24) is 5.32 Å². The van der Waals surface area contributed by atoms with Gasteiger partial charge >= 0.3 is 5.97 Å². The molecule has 0 aliphatic heterocycles. The number of halogens is 1. The van der Waals surface area contributed by atoms with Gasteiger partial charge in [-0.15, -0.1) is 0 Å². The maximum Gasteiger partial charge on any atom is 0.373 e. The maximum atomic E-state index is 13.8. The fraction of sp³-hybridized carbons (Fsp3) is 0.214. The smallest absolute Gasteiger partial charge is 0.373 e. The second kappa shape index (κ2) is 5.67. The van der Waals surface area contributed by atoms with Crippen molar-refractivity contribution in [2.45, 2.75) is 6.04 Å². The third-order valence-electron chi connectivity index (χ3n) is 2.80. The van der Waals surface area contributed by atoms with Crippen molar-refractivity contribution in [1.29, 1.82) is 0 Å². The standard InChI is InChI=1S/C14H14FNO3/c1-16-13(9-5-3-4-6-10(9)15)11-7-8-12(19-11)14(17)18-2/h3-8,13,16H,1-2H3. The van der Waals surface area contributed by atoms with Gasteiger partial charge in [0.15, 0.2) is 0 Å². The molecular weight excluding hydrogens is 249 g/mol. The molecule has 1 heterocycles. The van der Waals surface area contributed by atoms with Crippen LogP contribution in [0.2, 0.25) is 0 Å². The molecular formula is C14H14FNO3. The molecule has 1 atom stereocenters. The van der Waals surface area contributed by atoms with Crippen LogP contribution in [-0.4, -0.2) is 20.1 Å². The van der Waals surface area contributed by atoms with Crippen LogP contribution in [0.1, 0.15) is 27.9 Å². The van der Waals surface area contributed by atoms with Crippen LogP contribution in [0.4, 0.5) is 4.39 Å². The van der Waals surface area contributed by atoms with E-state index < -0.39 is 12.0 Å². The van der Waals surface area contributed by atoms with E-state index in [9.17, 15) is 9.18 Å². The van der Waals surface area contributed by atoms with Gasteiger partial charge < -0.3 is 14.5 Å². The highest BCUT2D eigenvalue weighted by Gasteiger charge is 2.21. The summed E-state index contributed by atoms with van der Waals surface area (Å²) < 4.78 is 23.7. The fourth-order valence-corrected chi connectivity index (χ4v) is 1.88. The van der Waals surface area contributed by atoms with Gasteiger partial charge in [0.1, 0.15) is 11.6 Å². The monoisotopic (exact) mass is 263 g/mol. The molecule has 0 aliphatic rings. The lowest BCUT2D eigenvalue weighted by Gasteiger charge is -2.14. The molecule has 0 spiro atoms. The van der Waals surface area contributed by atoms with Crippen molar-refractivity contribution in [2.75, 3.05) is 14.2 Å². The summed E-state index contributed by atoms with van der Waals surface area (Å²) in [6.45, 7) is 0. The van der Waals surface area contributed by atoms with Gasteiger partial charge in [-0.2, -0.15) is 0 Å². The number of rotatable bonds is 4. The number of benzene rings is 1. The predicted molar refractivity (Wildman–Crippen MR) is 67.4 cm³/mol. The zero-order valence-corrected chi connectivity index (χ0v) is 10.6. The summed E-state index contributed by atoms with van der Waals surface area (Å²) in [5, 5.41) is 2.96. The van der Waals surface area contributed by atoms with Crippen molar-refractivity contribution in [3.05, 3.63) is 59.3 Å². The summed E-state index contributed by atoms with van der Waals surface area (Å²) in [4.78, 5) is 11.3. The number of hydrogen-bond acceptors (Lipinski definition) is 4. The van der Waals surface area contributed by atoms with Crippen LogP contribution in [0.5, 0.6) is 0 Å². The first-order chi connectivity index (χ1) is 9.17. The van der Waals surface area contributed by atoms with E-state index >= 15 is 0 Å². The Morgan fingerprint density at radius 2 is 2.05 bits per heavy atom. The average Bonchev–Trinajstić information content (AvgIpc) is 2.90. The first kappa shape index (κ1) is 13.3. The van der Waals surface area contributed by atoms with Crippen LogP contribution in [-0.2, 0) is 4.74 Å². The highest BCUT2D eigenvalue weighted by Crippen LogP contribution is 2.25. The van der Waals surface area contributed by atoms with Gasteiger partial charge in [-0.25, -0.2) is 9.18 Å². The van der Waals surface area contributed by atoms with Crippen LogP contribution in [0, 0.1) is 5.82 Å². The third-order valence-corrected chi connectivity index (χ3v) is 2.80. The first-order valence-corrected chi connectivity index (χ1v) is 5.77. The van der Waals surface area contributed by atoms with Crippen LogP contribution in [0.25, 0.3) is 0 Å². The molecule has 0 bridgehead atoms. The summed E-state index contributed by atoms with van der Waals surface area (Å²) in [6.07, 6.45) is 0. The summed E-state index contributed by atoms with van der Waals surface area (Å²) in [5.41, 5.74) is 0.454. The van der Waals surface area contributed by atoms with E-state index in [1.807, 2.05) is 0 Å². The SMILES string of the molecule is CNC(c1ccc(C(=O)OC)o1)c1ccccc1F. The quantitative estimate of drug-likeness (QED) is 0.861.